The molecular weight excluding hydrogens is 202 g/mol. The third-order valence-corrected chi connectivity index (χ3v) is 2.49. The molecule has 0 radical (unpaired) electrons. The zero-order valence-corrected chi connectivity index (χ0v) is 11.5. The van der Waals surface area contributed by atoms with E-state index in [1.54, 1.807) is 7.11 Å². The van der Waals surface area contributed by atoms with Crippen LogP contribution in [0.15, 0.2) is 0 Å². The maximum atomic E-state index is 4.99. The molecule has 0 spiro atoms. The summed E-state index contributed by atoms with van der Waals surface area (Å²) in [6.07, 6.45) is 1.23. The molecule has 0 aliphatic carbocycles. The fourth-order valence-electron chi connectivity index (χ4n) is 1.53. The molecule has 0 amide bonds. The third kappa shape index (κ3) is 10.4. The van der Waals surface area contributed by atoms with E-state index in [-0.39, 0.29) is 0 Å². The van der Waals surface area contributed by atoms with Gasteiger partial charge in [0.05, 0.1) is 6.61 Å². The van der Waals surface area contributed by atoms with Crippen LogP contribution in [0.2, 0.25) is 0 Å². The monoisotopic (exact) mass is 231 g/mol. The fraction of sp³-hybridized carbons (Fsp3) is 1.00. The molecule has 0 aliphatic rings. The van der Waals surface area contributed by atoms with Gasteiger partial charge in [-0.25, -0.2) is 0 Å². The first-order chi connectivity index (χ1) is 7.70. The first-order valence-electron chi connectivity index (χ1n) is 6.27. The maximum Gasteiger partial charge on any atom is 0.0587 e. The van der Waals surface area contributed by atoms with Crippen molar-refractivity contribution in [1.82, 2.24) is 15.1 Å². The topological polar surface area (TPSA) is 27.7 Å². The molecule has 0 bridgehead atoms. The number of ether oxygens (including phenoxy) is 1. The Balaban J connectivity index is 3.51. The van der Waals surface area contributed by atoms with Gasteiger partial charge in [-0.2, -0.15) is 0 Å². The van der Waals surface area contributed by atoms with Gasteiger partial charge < -0.3 is 19.9 Å². The Hall–Kier alpha value is -0.160. The van der Waals surface area contributed by atoms with Gasteiger partial charge in [0.15, 0.2) is 0 Å². The van der Waals surface area contributed by atoms with E-state index in [1.165, 1.54) is 13.0 Å². The number of nitrogens with one attached hydrogen (secondary N) is 1. The van der Waals surface area contributed by atoms with Gasteiger partial charge in [-0.3, -0.25) is 0 Å². The van der Waals surface area contributed by atoms with Gasteiger partial charge in [-0.1, -0.05) is 6.92 Å². The van der Waals surface area contributed by atoms with Crippen LogP contribution in [-0.2, 0) is 4.74 Å². The standard InChI is InChI=1S/C12H29N3O/c1-5-8-15(11-10-14(2)3)9-6-13-7-12-16-4/h13H,5-12H2,1-4H3. The fourth-order valence-corrected chi connectivity index (χ4v) is 1.53. The van der Waals surface area contributed by atoms with Gasteiger partial charge in [-0.05, 0) is 27.1 Å². The van der Waals surface area contributed by atoms with E-state index in [1.807, 2.05) is 0 Å². The molecule has 0 heterocycles. The van der Waals surface area contributed by atoms with Crippen molar-refractivity contribution in [2.24, 2.45) is 0 Å². The van der Waals surface area contributed by atoms with Crippen molar-refractivity contribution in [1.29, 1.82) is 0 Å². The lowest BCUT2D eigenvalue weighted by molar-refractivity contribution is 0.195. The molecule has 0 saturated heterocycles. The Morgan fingerprint density at radius 1 is 1.00 bits per heavy atom. The maximum absolute atomic E-state index is 4.99. The van der Waals surface area contributed by atoms with E-state index in [0.29, 0.717) is 0 Å². The molecule has 4 heteroatoms. The first kappa shape index (κ1) is 15.8. The molecule has 0 aromatic heterocycles. The van der Waals surface area contributed by atoms with Gasteiger partial charge in [0.1, 0.15) is 0 Å². The van der Waals surface area contributed by atoms with Crippen molar-refractivity contribution in [3.63, 3.8) is 0 Å². The summed E-state index contributed by atoms with van der Waals surface area (Å²) in [7, 11) is 5.99. The van der Waals surface area contributed by atoms with Crippen LogP contribution in [0.5, 0.6) is 0 Å². The van der Waals surface area contributed by atoms with E-state index >= 15 is 0 Å². The Morgan fingerprint density at radius 3 is 2.31 bits per heavy atom. The number of likely N-dealkylation sites (N-methyl/N-ethyl adjacent to an activating group) is 1. The molecule has 0 fully saturated rings. The molecular formula is C12H29N3O. The van der Waals surface area contributed by atoms with Crippen LogP contribution < -0.4 is 5.32 Å². The van der Waals surface area contributed by atoms with Gasteiger partial charge in [-0.15, -0.1) is 0 Å². The van der Waals surface area contributed by atoms with E-state index in [2.05, 4.69) is 36.1 Å². The zero-order chi connectivity index (χ0) is 12.2. The highest BCUT2D eigenvalue weighted by atomic mass is 16.5. The quantitative estimate of drug-likeness (QED) is 0.524. The second-order valence-corrected chi connectivity index (χ2v) is 4.39. The molecule has 16 heavy (non-hydrogen) atoms. The molecule has 0 rings (SSSR count). The summed E-state index contributed by atoms with van der Waals surface area (Å²) >= 11 is 0. The molecule has 0 saturated carbocycles. The van der Waals surface area contributed by atoms with Crippen LogP contribution in [0.3, 0.4) is 0 Å². The summed E-state index contributed by atoms with van der Waals surface area (Å²) in [5, 5.41) is 3.38. The lowest BCUT2D eigenvalue weighted by Crippen LogP contribution is -2.37. The minimum absolute atomic E-state index is 0.797. The highest BCUT2D eigenvalue weighted by molar-refractivity contribution is 4.61. The Labute approximate surface area is 101 Å². The van der Waals surface area contributed by atoms with Crippen molar-refractivity contribution in [3.8, 4) is 0 Å². The number of methoxy groups -OCH3 is 1. The smallest absolute Gasteiger partial charge is 0.0587 e. The number of hydrogen-bond acceptors (Lipinski definition) is 4. The van der Waals surface area contributed by atoms with Crippen LogP contribution in [0, 0.1) is 0 Å². The van der Waals surface area contributed by atoms with Crippen molar-refractivity contribution in [3.05, 3.63) is 0 Å². The molecule has 0 aromatic rings. The van der Waals surface area contributed by atoms with Gasteiger partial charge in [0.2, 0.25) is 0 Å². The molecule has 0 unspecified atom stereocenters. The molecule has 4 nitrogen and oxygen atoms in total. The molecule has 0 atom stereocenters. The van der Waals surface area contributed by atoms with Crippen molar-refractivity contribution in [2.45, 2.75) is 13.3 Å². The summed E-state index contributed by atoms with van der Waals surface area (Å²) < 4.78 is 4.99. The second kappa shape index (κ2) is 11.3. The minimum Gasteiger partial charge on any atom is -0.383 e. The number of nitrogens with zero attached hydrogens (tertiary/aromatic N) is 2. The number of rotatable bonds is 11. The summed E-state index contributed by atoms with van der Waals surface area (Å²) in [5.41, 5.74) is 0. The van der Waals surface area contributed by atoms with Crippen LogP contribution >= 0.6 is 0 Å². The van der Waals surface area contributed by atoms with Gasteiger partial charge >= 0.3 is 0 Å². The Kier molecular flexibility index (Phi) is 11.2. The van der Waals surface area contributed by atoms with Crippen LogP contribution in [-0.4, -0.2) is 76.9 Å². The highest BCUT2D eigenvalue weighted by Gasteiger charge is 2.03. The predicted octanol–water partition coefficient (Wildman–Crippen LogP) is 0.496. The first-order valence-corrected chi connectivity index (χ1v) is 6.27. The largest absolute Gasteiger partial charge is 0.383 e. The minimum atomic E-state index is 0.797. The summed E-state index contributed by atoms with van der Waals surface area (Å²) in [6.45, 7) is 9.66. The average molecular weight is 231 g/mol. The van der Waals surface area contributed by atoms with Crippen LogP contribution in [0.1, 0.15) is 13.3 Å². The lowest BCUT2D eigenvalue weighted by atomic mass is 10.3. The van der Waals surface area contributed by atoms with E-state index in [9.17, 15) is 0 Å². The Bertz CT molecular complexity index is 142. The van der Waals surface area contributed by atoms with Gasteiger partial charge in [0, 0.05) is 39.8 Å². The van der Waals surface area contributed by atoms with E-state index in [4.69, 9.17) is 4.74 Å². The van der Waals surface area contributed by atoms with E-state index < -0.39 is 0 Å². The second-order valence-electron chi connectivity index (χ2n) is 4.39. The summed E-state index contributed by atoms with van der Waals surface area (Å²) in [6, 6.07) is 0. The lowest BCUT2D eigenvalue weighted by Gasteiger charge is -2.23. The summed E-state index contributed by atoms with van der Waals surface area (Å²) in [5.74, 6) is 0. The molecule has 1 N–H and O–H groups in total. The molecule has 0 aliphatic heterocycles. The molecule has 98 valence electrons. The SMILES string of the molecule is CCCN(CCNCCOC)CCN(C)C. The van der Waals surface area contributed by atoms with Gasteiger partial charge in [0.25, 0.3) is 0 Å². The van der Waals surface area contributed by atoms with Crippen LogP contribution in [0.4, 0.5) is 0 Å². The highest BCUT2D eigenvalue weighted by Crippen LogP contribution is 1.91. The van der Waals surface area contributed by atoms with Crippen molar-refractivity contribution in [2.75, 3.05) is 67.1 Å². The van der Waals surface area contributed by atoms with Crippen LogP contribution in [0.25, 0.3) is 0 Å². The molecule has 0 aromatic carbocycles. The van der Waals surface area contributed by atoms with Crippen molar-refractivity contribution >= 4 is 0 Å². The number of hydrogen-bond donors (Lipinski definition) is 1. The van der Waals surface area contributed by atoms with Crippen molar-refractivity contribution < 1.29 is 4.74 Å². The van der Waals surface area contributed by atoms with E-state index in [0.717, 1.165) is 39.3 Å². The average Bonchev–Trinajstić information content (AvgIpc) is 2.25. The third-order valence-electron chi connectivity index (χ3n) is 2.49. The zero-order valence-electron chi connectivity index (χ0n) is 11.5. The summed E-state index contributed by atoms with van der Waals surface area (Å²) in [4.78, 5) is 4.75. The predicted molar refractivity (Wildman–Crippen MR) is 70.0 cm³/mol. The normalized spacial score (nSPS) is 11.6. The Morgan fingerprint density at radius 2 is 1.75 bits per heavy atom.